The van der Waals surface area contributed by atoms with Crippen LogP contribution in [-0.4, -0.2) is 22.6 Å². The van der Waals surface area contributed by atoms with Gasteiger partial charge in [0.1, 0.15) is 11.3 Å². The van der Waals surface area contributed by atoms with Gasteiger partial charge in [0, 0.05) is 11.1 Å². The molecule has 4 aromatic rings. The SMILES string of the molecule is CCOc1ccc(C(=O)NC(=S)Nc2cc(-c3nc4ccc(C)cc4o3)ccc2Cl)cc1. The van der Waals surface area contributed by atoms with Gasteiger partial charge in [-0.15, -0.1) is 0 Å². The zero-order chi connectivity index (χ0) is 22.7. The van der Waals surface area contributed by atoms with E-state index in [1.165, 1.54) is 0 Å². The molecule has 8 heteroatoms. The largest absolute Gasteiger partial charge is 0.494 e. The van der Waals surface area contributed by atoms with Crippen molar-refractivity contribution in [3.63, 3.8) is 0 Å². The summed E-state index contributed by atoms with van der Waals surface area (Å²) in [4.78, 5) is 17.0. The number of anilines is 1. The van der Waals surface area contributed by atoms with Crippen LogP contribution in [0.4, 0.5) is 5.69 Å². The number of halogens is 1. The summed E-state index contributed by atoms with van der Waals surface area (Å²) < 4.78 is 11.3. The summed E-state index contributed by atoms with van der Waals surface area (Å²) >= 11 is 11.6. The Bertz CT molecular complexity index is 1300. The van der Waals surface area contributed by atoms with Crippen molar-refractivity contribution in [1.29, 1.82) is 0 Å². The quantitative estimate of drug-likeness (QED) is 0.353. The molecule has 0 aliphatic rings. The van der Waals surface area contributed by atoms with E-state index < -0.39 is 0 Å². The van der Waals surface area contributed by atoms with Crippen molar-refractivity contribution < 1.29 is 13.9 Å². The van der Waals surface area contributed by atoms with Gasteiger partial charge in [-0.1, -0.05) is 17.7 Å². The Kier molecular flexibility index (Phi) is 6.39. The van der Waals surface area contributed by atoms with Crippen LogP contribution < -0.4 is 15.4 Å². The molecule has 0 atom stereocenters. The average molecular weight is 466 g/mol. The van der Waals surface area contributed by atoms with Crippen LogP contribution in [0.2, 0.25) is 5.02 Å². The summed E-state index contributed by atoms with van der Waals surface area (Å²) in [5, 5.41) is 6.19. The molecule has 0 saturated carbocycles. The molecule has 0 radical (unpaired) electrons. The molecule has 1 aromatic heterocycles. The molecule has 2 N–H and O–H groups in total. The number of rotatable bonds is 5. The lowest BCUT2D eigenvalue weighted by atomic mass is 10.2. The molecule has 0 spiro atoms. The summed E-state index contributed by atoms with van der Waals surface area (Å²) in [6.07, 6.45) is 0. The van der Waals surface area contributed by atoms with Crippen LogP contribution in [0.15, 0.2) is 65.1 Å². The summed E-state index contributed by atoms with van der Waals surface area (Å²) in [7, 11) is 0. The molecule has 162 valence electrons. The summed E-state index contributed by atoms with van der Waals surface area (Å²) in [6.45, 7) is 4.45. The van der Waals surface area contributed by atoms with Crippen LogP contribution in [0.3, 0.4) is 0 Å². The van der Waals surface area contributed by atoms with Gasteiger partial charge in [0.15, 0.2) is 10.7 Å². The highest BCUT2D eigenvalue weighted by atomic mass is 35.5. The van der Waals surface area contributed by atoms with E-state index in [0.717, 1.165) is 16.6 Å². The van der Waals surface area contributed by atoms with Gasteiger partial charge in [0.25, 0.3) is 5.91 Å². The maximum Gasteiger partial charge on any atom is 0.257 e. The van der Waals surface area contributed by atoms with Crippen molar-refractivity contribution in [1.82, 2.24) is 10.3 Å². The maximum atomic E-state index is 12.5. The predicted octanol–water partition coefficient (Wildman–Crippen LogP) is 5.98. The number of carbonyl (C=O) groups excluding carboxylic acids is 1. The highest BCUT2D eigenvalue weighted by molar-refractivity contribution is 7.80. The van der Waals surface area contributed by atoms with E-state index in [9.17, 15) is 4.79 Å². The number of amides is 1. The van der Waals surface area contributed by atoms with Gasteiger partial charge in [-0.2, -0.15) is 0 Å². The van der Waals surface area contributed by atoms with E-state index in [1.807, 2.05) is 38.1 Å². The smallest absolute Gasteiger partial charge is 0.257 e. The first kappa shape index (κ1) is 21.8. The van der Waals surface area contributed by atoms with Gasteiger partial charge in [0.2, 0.25) is 5.89 Å². The first-order valence-corrected chi connectivity index (χ1v) is 10.7. The number of nitrogens with zero attached hydrogens (tertiary/aromatic N) is 1. The van der Waals surface area contributed by atoms with E-state index in [-0.39, 0.29) is 11.0 Å². The number of oxazole rings is 1. The minimum atomic E-state index is -0.341. The molecule has 1 heterocycles. The molecule has 0 aliphatic carbocycles. The highest BCUT2D eigenvalue weighted by Gasteiger charge is 2.13. The fourth-order valence-corrected chi connectivity index (χ4v) is 3.47. The topological polar surface area (TPSA) is 76.4 Å². The van der Waals surface area contributed by atoms with Gasteiger partial charge in [0.05, 0.1) is 17.3 Å². The fourth-order valence-electron chi connectivity index (χ4n) is 3.11. The second-order valence-electron chi connectivity index (χ2n) is 7.05. The minimum absolute atomic E-state index is 0.121. The van der Waals surface area contributed by atoms with Gasteiger partial charge in [-0.25, -0.2) is 4.98 Å². The summed E-state index contributed by atoms with van der Waals surface area (Å²) in [5.74, 6) is 0.824. The van der Waals surface area contributed by atoms with Crippen molar-refractivity contribution in [2.24, 2.45) is 0 Å². The van der Waals surface area contributed by atoms with E-state index in [2.05, 4.69) is 15.6 Å². The Morgan fingerprint density at radius 2 is 1.91 bits per heavy atom. The third kappa shape index (κ3) is 4.90. The molecule has 0 aliphatic heterocycles. The maximum absolute atomic E-state index is 12.5. The molecule has 0 saturated heterocycles. The lowest BCUT2D eigenvalue weighted by Crippen LogP contribution is -2.34. The number of aryl methyl sites for hydroxylation is 1. The van der Waals surface area contributed by atoms with Crippen LogP contribution in [0.25, 0.3) is 22.6 Å². The molecule has 4 rings (SSSR count). The zero-order valence-corrected chi connectivity index (χ0v) is 19.0. The second-order valence-corrected chi connectivity index (χ2v) is 7.87. The third-order valence-electron chi connectivity index (χ3n) is 4.66. The van der Waals surface area contributed by atoms with Gasteiger partial charge in [-0.05, 0) is 86.2 Å². The Labute approximate surface area is 195 Å². The van der Waals surface area contributed by atoms with Crippen LogP contribution in [0.1, 0.15) is 22.8 Å². The first-order valence-electron chi connectivity index (χ1n) is 9.95. The number of nitrogens with one attached hydrogen (secondary N) is 2. The summed E-state index contributed by atoms with van der Waals surface area (Å²) in [6, 6.07) is 17.9. The van der Waals surface area contributed by atoms with Crippen LogP contribution in [-0.2, 0) is 0 Å². The third-order valence-corrected chi connectivity index (χ3v) is 5.19. The molecule has 1 amide bonds. The number of hydrogen-bond acceptors (Lipinski definition) is 5. The average Bonchev–Trinajstić information content (AvgIpc) is 3.19. The van der Waals surface area contributed by atoms with Crippen LogP contribution in [0.5, 0.6) is 5.75 Å². The van der Waals surface area contributed by atoms with E-state index in [1.54, 1.807) is 36.4 Å². The zero-order valence-electron chi connectivity index (χ0n) is 17.4. The Morgan fingerprint density at radius 3 is 2.66 bits per heavy atom. The van der Waals surface area contributed by atoms with Gasteiger partial charge >= 0.3 is 0 Å². The molecule has 32 heavy (non-hydrogen) atoms. The van der Waals surface area contributed by atoms with E-state index >= 15 is 0 Å². The van der Waals surface area contributed by atoms with Crippen molar-refractivity contribution in [2.75, 3.05) is 11.9 Å². The summed E-state index contributed by atoms with van der Waals surface area (Å²) in [5.41, 5.74) is 4.29. The predicted molar refractivity (Wildman–Crippen MR) is 130 cm³/mol. The molecular weight excluding hydrogens is 446 g/mol. The van der Waals surface area contributed by atoms with Crippen molar-refractivity contribution >= 4 is 51.6 Å². The Morgan fingerprint density at radius 1 is 1.12 bits per heavy atom. The molecule has 0 unspecified atom stereocenters. The molecule has 3 aromatic carbocycles. The first-order chi connectivity index (χ1) is 15.4. The Hall–Kier alpha value is -3.42. The van der Waals surface area contributed by atoms with Crippen LogP contribution in [0, 0.1) is 6.92 Å². The van der Waals surface area contributed by atoms with E-state index in [4.69, 9.17) is 33.0 Å². The normalized spacial score (nSPS) is 10.7. The molecular formula is C24H20ClN3O3S. The lowest BCUT2D eigenvalue weighted by Gasteiger charge is -2.12. The number of hydrogen-bond donors (Lipinski definition) is 2. The monoisotopic (exact) mass is 465 g/mol. The number of benzene rings is 3. The molecule has 6 nitrogen and oxygen atoms in total. The number of thiocarbonyl (C=S) groups is 1. The van der Waals surface area contributed by atoms with Crippen molar-refractivity contribution in [2.45, 2.75) is 13.8 Å². The molecule has 0 bridgehead atoms. The fraction of sp³-hybridized carbons (Fsp3) is 0.125. The van der Waals surface area contributed by atoms with Crippen LogP contribution >= 0.6 is 23.8 Å². The highest BCUT2D eigenvalue weighted by Crippen LogP contribution is 2.30. The minimum Gasteiger partial charge on any atom is -0.494 e. The Balaban J connectivity index is 1.48. The number of ether oxygens (including phenoxy) is 1. The van der Waals surface area contributed by atoms with Gasteiger partial charge < -0.3 is 14.5 Å². The lowest BCUT2D eigenvalue weighted by molar-refractivity contribution is 0.0977. The molecule has 0 fully saturated rings. The van der Waals surface area contributed by atoms with Crippen molar-refractivity contribution in [3.8, 4) is 17.2 Å². The number of aromatic nitrogens is 1. The van der Waals surface area contributed by atoms with E-state index in [0.29, 0.717) is 40.1 Å². The van der Waals surface area contributed by atoms with Crippen molar-refractivity contribution in [3.05, 3.63) is 76.8 Å². The number of carbonyl (C=O) groups is 1. The second kappa shape index (κ2) is 9.38. The number of fused-ring (bicyclic) bond motifs is 1. The standard InChI is InChI=1S/C24H20ClN3O3S/c1-3-30-17-8-5-15(6-9-17)22(29)28-24(32)27-20-13-16(7-10-18(20)25)23-26-19-11-4-14(2)12-21(19)31-23/h4-13H,3H2,1-2H3,(H2,27,28,29,32). The van der Waals surface area contributed by atoms with Gasteiger partial charge in [-0.3, -0.25) is 10.1 Å².